The lowest BCUT2D eigenvalue weighted by Crippen LogP contribution is -2.50. The summed E-state index contributed by atoms with van der Waals surface area (Å²) in [7, 11) is 1.58. The number of methoxy groups -OCH3 is 1. The standard InChI is InChI=1S/C28H31ClN8O4/c1-28(2,3)41-27(39)37-12-10-36(11-13-37)18-7-8-20(21(15-18)40-4)32-25-23-17(16-31-35-26(23)38)14-22(34-25)33-24-19(29)6-5-9-30-24/h5-9,14-16H,10-13H2,1-4H3,(H,35,38)(H2,30,32,33,34). The van der Waals surface area contributed by atoms with Crippen LogP contribution in [0.5, 0.6) is 5.75 Å². The van der Waals surface area contributed by atoms with E-state index in [1.807, 2.05) is 39.0 Å². The minimum atomic E-state index is -0.535. The number of carbonyl (C=O) groups is 1. The molecule has 0 unspecified atom stereocenters. The molecule has 3 aromatic heterocycles. The fourth-order valence-corrected chi connectivity index (χ4v) is 4.62. The Morgan fingerprint density at radius 3 is 2.56 bits per heavy atom. The lowest BCUT2D eigenvalue weighted by Gasteiger charge is -2.37. The van der Waals surface area contributed by atoms with E-state index in [2.05, 4.69) is 35.7 Å². The van der Waals surface area contributed by atoms with Crippen molar-refractivity contribution in [2.75, 3.05) is 48.8 Å². The molecule has 5 rings (SSSR count). The number of benzene rings is 1. The first-order chi connectivity index (χ1) is 19.6. The van der Waals surface area contributed by atoms with Crippen LogP contribution in [0.15, 0.2) is 53.6 Å². The van der Waals surface area contributed by atoms with Gasteiger partial charge >= 0.3 is 6.09 Å². The van der Waals surface area contributed by atoms with E-state index in [1.165, 1.54) is 0 Å². The molecule has 12 nitrogen and oxygen atoms in total. The fourth-order valence-electron chi connectivity index (χ4n) is 4.46. The van der Waals surface area contributed by atoms with Crippen LogP contribution in [-0.2, 0) is 4.74 Å². The number of fused-ring (bicyclic) bond motifs is 1. The average Bonchev–Trinajstić information content (AvgIpc) is 2.93. The molecule has 1 saturated heterocycles. The zero-order valence-corrected chi connectivity index (χ0v) is 24.0. The topological polar surface area (TPSA) is 138 Å². The molecule has 4 heterocycles. The van der Waals surface area contributed by atoms with E-state index in [0.717, 1.165) is 5.69 Å². The zero-order valence-electron chi connectivity index (χ0n) is 23.2. The second-order valence-corrected chi connectivity index (χ2v) is 10.8. The zero-order chi connectivity index (χ0) is 29.1. The van der Waals surface area contributed by atoms with Crippen LogP contribution in [0, 0.1) is 0 Å². The molecule has 0 spiro atoms. The molecule has 1 amide bonds. The van der Waals surface area contributed by atoms with Crippen LogP contribution in [0.4, 0.5) is 33.6 Å². The summed E-state index contributed by atoms with van der Waals surface area (Å²) < 4.78 is 11.2. The van der Waals surface area contributed by atoms with Gasteiger partial charge in [-0.25, -0.2) is 19.9 Å². The second kappa shape index (κ2) is 11.5. The van der Waals surface area contributed by atoms with Crippen molar-refractivity contribution in [2.24, 2.45) is 0 Å². The number of carbonyl (C=O) groups excluding carboxylic acids is 1. The summed E-state index contributed by atoms with van der Waals surface area (Å²) in [6.45, 7) is 7.96. The molecule has 0 aliphatic carbocycles. The highest BCUT2D eigenvalue weighted by atomic mass is 35.5. The van der Waals surface area contributed by atoms with Crippen molar-refractivity contribution in [1.29, 1.82) is 0 Å². The average molecular weight is 579 g/mol. The van der Waals surface area contributed by atoms with Gasteiger partial charge < -0.3 is 29.9 Å². The van der Waals surface area contributed by atoms with Gasteiger partial charge in [-0.1, -0.05) is 11.6 Å². The Hall–Kier alpha value is -4.58. The van der Waals surface area contributed by atoms with E-state index in [4.69, 9.17) is 21.1 Å². The largest absolute Gasteiger partial charge is 0.494 e. The summed E-state index contributed by atoms with van der Waals surface area (Å²) in [4.78, 5) is 38.0. The summed E-state index contributed by atoms with van der Waals surface area (Å²) in [5, 5.41) is 14.1. The number of halogens is 1. The number of piperazine rings is 1. The maximum Gasteiger partial charge on any atom is 0.410 e. The maximum absolute atomic E-state index is 12.8. The summed E-state index contributed by atoms with van der Waals surface area (Å²) in [6, 6.07) is 10.9. The number of nitrogens with zero attached hydrogens (tertiary/aromatic N) is 5. The van der Waals surface area contributed by atoms with Gasteiger partial charge in [0, 0.05) is 49.5 Å². The molecule has 1 aliphatic heterocycles. The lowest BCUT2D eigenvalue weighted by atomic mass is 10.2. The number of hydrogen-bond donors (Lipinski definition) is 3. The molecule has 1 fully saturated rings. The van der Waals surface area contributed by atoms with Crippen LogP contribution in [0.1, 0.15) is 20.8 Å². The van der Waals surface area contributed by atoms with Gasteiger partial charge in [-0.3, -0.25) is 4.79 Å². The summed E-state index contributed by atoms with van der Waals surface area (Å²) in [5.74, 6) is 1.71. The highest BCUT2D eigenvalue weighted by molar-refractivity contribution is 6.33. The highest BCUT2D eigenvalue weighted by Crippen LogP contribution is 2.34. The number of aromatic amines is 1. The van der Waals surface area contributed by atoms with Gasteiger partial charge in [0.2, 0.25) is 0 Å². The number of ether oxygens (including phenoxy) is 2. The van der Waals surface area contributed by atoms with Gasteiger partial charge in [0.05, 0.1) is 29.4 Å². The minimum Gasteiger partial charge on any atom is -0.494 e. The minimum absolute atomic E-state index is 0.303. The second-order valence-electron chi connectivity index (χ2n) is 10.4. The molecular weight excluding hydrogens is 548 g/mol. The third-order valence-electron chi connectivity index (χ3n) is 6.39. The summed E-state index contributed by atoms with van der Waals surface area (Å²) in [5.41, 5.74) is 0.629. The third-order valence-corrected chi connectivity index (χ3v) is 6.69. The van der Waals surface area contributed by atoms with Crippen molar-refractivity contribution in [2.45, 2.75) is 26.4 Å². The van der Waals surface area contributed by atoms with Gasteiger partial charge in [-0.2, -0.15) is 5.10 Å². The van der Waals surface area contributed by atoms with Crippen LogP contribution in [-0.4, -0.2) is 70.0 Å². The van der Waals surface area contributed by atoms with Crippen molar-refractivity contribution in [3.8, 4) is 5.75 Å². The molecule has 3 N–H and O–H groups in total. The molecule has 1 aliphatic rings. The summed E-state index contributed by atoms with van der Waals surface area (Å²) in [6.07, 6.45) is 2.86. The Morgan fingerprint density at radius 2 is 1.85 bits per heavy atom. The number of rotatable bonds is 6. The van der Waals surface area contributed by atoms with E-state index in [-0.39, 0.29) is 6.09 Å². The molecule has 0 bridgehead atoms. The Bertz CT molecular complexity index is 1630. The Labute approximate surface area is 241 Å². The third kappa shape index (κ3) is 6.43. The quantitative estimate of drug-likeness (QED) is 0.289. The van der Waals surface area contributed by atoms with Crippen LogP contribution in [0.3, 0.4) is 0 Å². The molecule has 1 aromatic carbocycles. The predicted octanol–water partition coefficient (Wildman–Crippen LogP) is 4.92. The molecule has 0 saturated carbocycles. The lowest BCUT2D eigenvalue weighted by molar-refractivity contribution is 0.0240. The number of amides is 1. The smallest absolute Gasteiger partial charge is 0.410 e. The Balaban J connectivity index is 1.39. The van der Waals surface area contributed by atoms with Crippen LogP contribution >= 0.6 is 11.6 Å². The first-order valence-corrected chi connectivity index (χ1v) is 13.4. The highest BCUT2D eigenvalue weighted by Gasteiger charge is 2.26. The maximum atomic E-state index is 12.8. The Kier molecular flexibility index (Phi) is 7.84. The van der Waals surface area contributed by atoms with E-state index < -0.39 is 11.2 Å². The van der Waals surface area contributed by atoms with Gasteiger partial charge in [-0.15, -0.1) is 0 Å². The van der Waals surface area contributed by atoms with Crippen molar-refractivity contribution >= 4 is 57.3 Å². The molecule has 41 heavy (non-hydrogen) atoms. The number of H-pyrrole nitrogens is 1. The molecular formula is C28H31ClN8O4. The van der Waals surface area contributed by atoms with E-state index in [1.54, 1.807) is 42.6 Å². The van der Waals surface area contributed by atoms with Gasteiger partial charge in [0.15, 0.2) is 0 Å². The Morgan fingerprint density at radius 1 is 1.07 bits per heavy atom. The van der Waals surface area contributed by atoms with Crippen molar-refractivity contribution in [3.05, 3.63) is 64.2 Å². The fraction of sp³-hybridized carbons (Fsp3) is 0.321. The predicted molar refractivity (Wildman–Crippen MR) is 159 cm³/mol. The van der Waals surface area contributed by atoms with Crippen LogP contribution in [0.25, 0.3) is 10.8 Å². The van der Waals surface area contributed by atoms with Gasteiger partial charge in [0.1, 0.15) is 28.8 Å². The normalized spacial score (nSPS) is 13.7. The first kappa shape index (κ1) is 28.0. The van der Waals surface area contributed by atoms with Crippen LogP contribution < -0.4 is 25.8 Å². The van der Waals surface area contributed by atoms with Crippen molar-refractivity contribution in [3.63, 3.8) is 0 Å². The number of hydrogen-bond acceptors (Lipinski definition) is 10. The molecule has 4 aromatic rings. The monoisotopic (exact) mass is 578 g/mol. The summed E-state index contributed by atoms with van der Waals surface area (Å²) >= 11 is 6.27. The van der Waals surface area contributed by atoms with Gasteiger partial charge in [-0.05, 0) is 51.1 Å². The number of aromatic nitrogens is 4. The SMILES string of the molecule is COc1cc(N2CCN(C(=O)OC(C)(C)C)CC2)ccc1Nc1nc(Nc2ncccc2Cl)cc2cn[nH]c(=O)c12. The molecule has 0 atom stereocenters. The van der Waals surface area contributed by atoms with Gasteiger partial charge in [0.25, 0.3) is 5.56 Å². The number of anilines is 5. The first-order valence-electron chi connectivity index (χ1n) is 13.1. The molecule has 13 heteroatoms. The van der Waals surface area contributed by atoms with E-state index >= 15 is 0 Å². The number of pyridine rings is 2. The van der Waals surface area contributed by atoms with Crippen LogP contribution in [0.2, 0.25) is 5.02 Å². The van der Waals surface area contributed by atoms with Crippen molar-refractivity contribution < 1.29 is 14.3 Å². The van der Waals surface area contributed by atoms with Crippen molar-refractivity contribution in [1.82, 2.24) is 25.1 Å². The van der Waals surface area contributed by atoms with E-state index in [0.29, 0.717) is 70.9 Å². The molecule has 214 valence electrons. The molecule has 0 radical (unpaired) electrons. The van der Waals surface area contributed by atoms with E-state index in [9.17, 15) is 9.59 Å². The number of nitrogens with one attached hydrogen (secondary N) is 3.